The molecule has 0 aliphatic rings. The fraction of sp³-hybridized carbons (Fsp3) is 0.167. The molecule has 0 amide bonds. The number of hydrogen-bond acceptors (Lipinski definition) is 3. The Hall–Kier alpha value is -1.74. The highest BCUT2D eigenvalue weighted by Gasteiger charge is 2.11. The number of phenolic OH excluding ortho intramolecular Hbond substituents is 2. The number of benzene rings is 2. The molecule has 4 N–H and O–H groups in total. The molecule has 0 fully saturated rings. The third-order valence-corrected chi connectivity index (χ3v) is 2.48. The average molecular weight is 203 g/mol. The first kappa shape index (κ1) is 9.80. The molecule has 0 saturated heterocycles. The minimum Gasteiger partial charge on any atom is -0.508 e. The average Bonchev–Trinajstić information content (AvgIpc) is 2.16. The molecule has 2 rings (SSSR count). The van der Waals surface area contributed by atoms with Crippen LogP contribution in [0, 0.1) is 0 Å². The lowest BCUT2D eigenvalue weighted by molar-refractivity contribution is 0.465. The van der Waals surface area contributed by atoms with Gasteiger partial charge in [-0.3, -0.25) is 0 Å². The van der Waals surface area contributed by atoms with Gasteiger partial charge in [0.1, 0.15) is 11.5 Å². The zero-order valence-corrected chi connectivity index (χ0v) is 8.44. The lowest BCUT2D eigenvalue weighted by atomic mass is 9.99. The monoisotopic (exact) mass is 203 g/mol. The van der Waals surface area contributed by atoms with E-state index in [9.17, 15) is 10.2 Å². The molecule has 0 radical (unpaired) electrons. The molecule has 3 heteroatoms. The molecular weight excluding hydrogens is 190 g/mol. The molecule has 15 heavy (non-hydrogen) atoms. The summed E-state index contributed by atoms with van der Waals surface area (Å²) in [6.45, 7) is 1.80. The summed E-state index contributed by atoms with van der Waals surface area (Å²) >= 11 is 0. The van der Waals surface area contributed by atoms with Crippen molar-refractivity contribution in [2.24, 2.45) is 5.73 Å². The van der Waals surface area contributed by atoms with Gasteiger partial charge in [-0.05, 0) is 35.9 Å². The van der Waals surface area contributed by atoms with Crippen LogP contribution < -0.4 is 5.73 Å². The van der Waals surface area contributed by atoms with E-state index in [2.05, 4.69) is 0 Å². The number of phenols is 2. The molecule has 0 bridgehead atoms. The third-order valence-electron chi connectivity index (χ3n) is 2.48. The van der Waals surface area contributed by atoms with Gasteiger partial charge in [-0.1, -0.05) is 12.1 Å². The molecule has 3 nitrogen and oxygen atoms in total. The zero-order valence-electron chi connectivity index (χ0n) is 8.44. The van der Waals surface area contributed by atoms with Gasteiger partial charge in [-0.2, -0.15) is 0 Å². The molecular formula is C12H13NO2. The van der Waals surface area contributed by atoms with Crippen molar-refractivity contribution in [3.8, 4) is 11.5 Å². The van der Waals surface area contributed by atoms with E-state index in [-0.39, 0.29) is 17.5 Å². The van der Waals surface area contributed by atoms with Crippen molar-refractivity contribution < 1.29 is 10.2 Å². The second-order valence-corrected chi connectivity index (χ2v) is 3.69. The molecule has 1 atom stereocenters. The van der Waals surface area contributed by atoms with Crippen LogP contribution in [-0.2, 0) is 0 Å². The van der Waals surface area contributed by atoms with Gasteiger partial charge < -0.3 is 15.9 Å². The molecule has 78 valence electrons. The van der Waals surface area contributed by atoms with E-state index in [1.807, 2.05) is 0 Å². The smallest absolute Gasteiger partial charge is 0.120 e. The van der Waals surface area contributed by atoms with Crippen molar-refractivity contribution in [1.82, 2.24) is 0 Å². The fourth-order valence-electron chi connectivity index (χ4n) is 1.80. The Morgan fingerprint density at radius 2 is 1.80 bits per heavy atom. The Balaban J connectivity index is 2.84. The fourth-order valence-corrected chi connectivity index (χ4v) is 1.80. The topological polar surface area (TPSA) is 66.5 Å². The number of nitrogens with two attached hydrogens (primary N) is 1. The maximum atomic E-state index is 9.71. The first-order chi connectivity index (χ1) is 7.09. The number of aromatic hydroxyl groups is 2. The van der Waals surface area contributed by atoms with E-state index in [0.29, 0.717) is 5.56 Å². The van der Waals surface area contributed by atoms with Crippen LogP contribution in [0.4, 0.5) is 0 Å². The van der Waals surface area contributed by atoms with Crippen molar-refractivity contribution in [2.45, 2.75) is 13.0 Å². The third kappa shape index (κ3) is 1.62. The number of rotatable bonds is 1. The van der Waals surface area contributed by atoms with Gasteiger partial charge in [-0.25, -0.2) is 0 Å². The van der Waals surface area contributed by atoms with Crippen LogP contribution in [0.15, 0.2) is 30.3 Å². The first-order valence-corrected chi connectivity index (χ1v) is 4.80. The van der Waals surface area contributed by atoms with Gasteiger partial charge in [-0.15, -0.1) is 0 Å². The second kappa shape index (κ2) is 3.44. The van der Waals surface area contributed by atoms with Crippen LogP contribution in [0.5, 0.6) is 11.5 Å². The van der Waals surface area contributed by atoms with E-state index >= 15 is 0 Å². The Kier molecular flexibility index (Phi) is 2.25. The van der Waals surface area contributed by atoms with Crippen LogP contribution in [0.25, 0.3) is 10.8 Å². The SMILES string of the molecule is CC(N)c1c(O)ccc2ccc(O)cc12. The van der Waals surface area contributed by atoms with Gasteiger partial charge in [0, 0.05) is 11.6 Å². The van der Waals surface area contributed by atoms with Crippen molar-refractivity contribution in [3.63, 3.8) is 0 Å². The predicted octanol–water partition coefficient (Wildman–Crippen LogP) is 2.27. The molecule has 0 aromatic heterocycles. The highest BCUT2D eigenvalue weighted by molar-refractivity contribution is 5.89. The Labute approximate surface area is 87.8 Å². The second-order valence-electron chi connectivity index (χ2n) is 3.69. The van der Waals surface area contributed by atoms with Crippen LogP contribution in [0.3, 0.4) is 0 Å². The van der Waals surface area contributed by atoms with Crippen molar-refractivity contribution in [1.29, 1.82) is 0 Å². The first-order valence-electron chi connectivity index (χ1n) is 4.80. The van der Waals surface area contributed by atoms with E-state index in [4.69, 9.17) is 5.73 Å². The summed E-state index contributed by atoms with van der Waals surface area (Å²) in [5, 5.41) is 20.9. The molecule has 0 aliphatic heterocycles. The van der Waals surface area contributed by atoms with E-state index < -0.39 is 0 Å². The van der Waals surface area contributed by atoms with Gasteiger partial charge in [0.2, 0.25) is 0 Å². The molecule has 0 heterocycles. The summed E-state index contributed by atoms with van der Waals surface area (Å²) in [7, 11) is 0. The van der Waals surface area contributed by atoms with Crippen LogP contribution >= 0.6 is 0 Å². The van der Waals surface area contributed by atoms with Crippen LogP contribution in [-0.4, -0.2) is 10.2 Å². The van der Waals surface area contributed by atoms with Crippen LogP contribution in [0.2, 0.25) is 0 Å². The standard InChI is InChI=1S/C12H13NO2/c1-7(13)12-10-6-9(14)4-2-8(10)3-5-11(12)15/h2-7,14-15H,13H2,1H3. The Morgan fingerprint density at radius 3 is 2.47 bits per heavy atom. The molecule has 0 saturated carbocycles. The minimum absolute atomic E-state index is 0.170. The van der Waals surface area contributed by atoms with Gasteiger partial charge >= 0.3 is 0 Å². The highest BCUT2D eigenvalue weighted by Crippen LogP contribution is 2.32. The molecule has 1 unspecified atom stereocenters. The lowest BCUT2D eigenvalue weighted by Crippen LogP contribution is -2.05. The maximum absolute atomic E-state index is 9.71. The van der Waals surface area contributed by atoms with Gasteiger partial charge in [0.15, 0.2) is 0 Å². The molecule has 2 aromatic rings. The van der Waals surface area contributed by atoms with Gasteiger partial charge in [0.05, 0.1) is 0 Å². The quantitative estimate of drug-likeness (QED) is 0.666. The molecule has 2 aromatic carbocycles. The lowest BCUT2D eigenvalue weighted by Gasteiger charge is -2.12. The largest absolute Gasteiger partial charge is 0.508 e. The number of fused-ring (bicyclic) bond motifs is 1. The van der Waals surface area contributed by atoms with E-state index in [0.717, 1.165) is 10.8 Å². The molecule has 0 spiro atoms. The van der Waals surface area contributed by atoms with Gasteiger partial charge in [0.25, 0.3) is 0 Å². The van der Waals surface area contributed by atoms with Crippen molar-refractivity contribution in [2.75, 3.05) is 0 Å². The zero-order chi connectivity index (χ0) is 11.0. The van der Waals surface area contributed by atoms with E-state index in [1.54, 1.807) is 37.3 Å². The van der Waals surface area contributed by atoms with Crippen molar-refractivity contribution in [3.05, 3.63) is 35.9 Å². The molecule has 0 aliphatic carbocycles. The Bertz CT molecular complexity index is 501. The highest BCUT2D eigenvalue weighted by atomic mass is 16.3. The number of hydrogen-bond donors (Lipinski definition) is 3. The summed E-state index contributed by atoms with van der Waals surface area (Å²) in [4.78, 5) is 0. The minimum atomic E-state index is -0.268. The maximum Gasteiger partial charge on any atom is 0.120 e. The summed E-state index contributed by atoms with van der Waals surface area (Å²) in [5.41, 5.74) is 6.46. The van der Waals surface area contributed by atoms with E-state index in [1.165, 1.54) is 0 Å². The summed E-state index contributed by atoms with van der Waals surface area (Å²) in [6.07, 6.45) is 0. The predicted molar refractivity (Wildman–Crippen MR) is 59.9 cm³/mol. The van der Waals surface area contributed by atoms with Crippen molar-refractivity contribution >= 4 is 10.8 Å². The summed E-state index contributed by atoms with van der Waals surface area (Å²) in [5.74, 6) is 0.345. The summed E-state index contributed by atoms with van der Waals surface area (Å²) < 4.78 is 0. The Morgan fingerprint density at radius 1 is 1.13 bits per heavy atom. The van der Waals surface area contributed by atoms with Crippen LogP contribution in [0.1, 0.15) is 18.5 Å². The summed E-state index contributed by atoms with van der Waals surface area (Å²) in [6, 6.07) is 8.19. The normalized spacial score (nSPS) is 12.9.